The predicted octanol–water partition coefficient (Wildman–Crippen LogP) is 2.03. The van der Waals surface area contributed by atoms with Crippen molar-refractivity contribution in [2.75, 3.05) is 6.61 Å². The van der Waals surface area contributed by atoms with Gasteiger partial charge in [-0.15, -0.1) is 0 Å². The maximum Gasteiger partial charge on any atom is 0.338 e. The van der Waals surface area contributed by atoms with Crippen LogP contribution in [0.5, 0.6) is 5.75 Å². The molecule has 1 aromatic carbocycles. The van der Waals surface area contributed by atoms with Crippen molar-refractivity contribution in [3.05, 3.63) is 78.2 Å². The molecule has 4 rings (SSSR count). The number of phenolic OH excluding ortho intramolecular Hbond substituents is 1. The van der Waals surface area contributed by atoms with E-state index in [9.17, 15) is 14.7 Å². The number of hydrogen-bond acceptors (Lipinski definition) is 7. The summed E-state index contributed by atoms with van der Waals surface area (Å²) in [6, 6.07) is 5.76. The van der Waals surface area contributed by atoms with Gasteiger partial charge in [0.15, 0.2) is 4.80 Å². The highest BCUT2D eigenvalue weighted by Crippen LogP contribution is 2.31. The number of benzene rings is 1. The molecule has 0 saturated carbocycles. The molecule has 32 heavy (non-hydrogen) atoms. The minimum atomic E-state index is -0.701. The van der Waals surface area contributed by atoms with Crippen LogP contribution in [-0.4, -0.2) is 32.0 Å². The lowest BCUT2D eigenvalue weighted by Gasteiger charge is -2.24. The minimum absolute atomic E-state index is 0.1000. The number of phenols is 1. The van der Waals surface area contributed by atoms with Gasteiger partial charge < -0.3 is 9.84 Å². The lowest BCUT2D eigenvalue weighted by atomic mass is 9.96. The van der Waals surface area contributed by atoms with Crippen molar-refractivity contribution in [2.24, 2.45) is 4.99 Å². The van der Waals surface area contributed by atoms with Crippen LogP contribution in [0.2, 0.25) is 0 Å². The van der Waals surface area contributed by atoms with Gasteiger partial charge >= 0.3 is 5.97 Å². The van der Waals surface area contributed by atoms with E-state index in [0.717, 1.165) is 17.8 Å². The van der Waals surface area contributed by atoms with Crippen LogP contribution in [0, 0.1) is 6.92 Å². The molecule has 9 heteroatoms. The van der Waals surface area contributed by atoms with Crippen molar-refractivity contribution in [3.8, 4) is 5.75 Å². The van der Waals surface area contributed by atoms with Crippen molar-refractivity contribution >= 4 is 23.4 Å². The number of rotatable bonds is 5. The van der Waals surface area contributed by atoms with Crippen LogP contribution in [0.4, 0.5) is 0 Å². The monoisotopic (exact) mass is 452 g/mol. The smallest absolute Gasteiger partial charge is 0.338 e. The first-order valence-electron chi connectivity index (χ1n) is 10.4. The average molecular weight is 453 g/mol. The van der Waals surface area contributed by atoms with Crippen molar-refractivity contribution in [3.63, 3.8) is 0 Å². The van der Waals surface area contributed by atoms with Crippen LogP contribution in [0.25, 0.3) is 6.08 Å². The molecule has 1 aliphatic rings. The SMILES string of the molecule is CCOC(=O)C1=C(C)N=c2sc(=Cc3cnn(CC)c3C)c(=O)n2[C@H]1c1ccc(O)cc1. The fourth-order valence-corrected chi connectivity index (χ4v) is 4.86. The molecule has 1 aliphatic heterocycles. The number of nitrogens with zero attached hydrogens (tertiary/aromatic N) is 4. The fraction of sp³-hybridized carbons (Fsp3) is 0.304. The number of thiazole rings is 1. The third kappa shape index (κ3) is 3.69. The van der Waals surface area contributed by atoms with Gasteiger partial charge in [0, 0.05) is 17.8 Å². The van der Waals surface area contributed by atoms with E-state index in [4.69, 9.17) is 4.74 Å². The van der Waals surface area contributed by atoms with Crippen LogP contribution in [0.1, 0.15) is 43.6 Å². The maximum absolute atomic E-state index is 13.5. The number of carbonyl (C=O) groups excluding carboxylic acids is 1. The molecule has 0 fully saturated rings. The van der Waals surface area contributed by atoms with E-state index < -0.39 is 12.0 Å². The Balaban J connectivity index is 1.95. The first-order valence-corrected chi connectivity index (χ1v) is 11.2. The zero-order valence-corrected chi connectivity index (χ0v) is 19.1. The number of fused-ring (bicyclic) bond motifs is 1. The number of carbonyl (C=O) groups is 1. The van der Waals surface area contributed by atoms with Crippen LogP contribution in [0.15, 0.2) is 51.5 Å². The van der Waals surface area contributed by atoms with E-state index in [0.29, 0.717) is 26.2 Å². The summed E-state index contributed by atoms with van der Waals surface area (Å²) in [6.07, 6.45) is 3.55. The highest BCUT2D eigenvalue weighted by Gasteiger charge is 2.33. The second-order valence-electron chi connectivity index (χ2n) is 7.39. The molecule has 0 bridgehead atoms. The molecule has 0 spiro atoms. The standard InChI is InChI=1S/C23H24N4O4S/c1-5-26-14(4)16(12-24-26)11-18-21(29)27-20(15-7-9-17(28)10-8-15)19(22(30)31-6-2)13(3)25-23(27)32-18/h7-12,20,28H,5-6H2,1-4H3/t20-/m0/s1. The summed E-state index contributed by atoms with van der Waals surface area (Å²) in [6.45, 7) is 8.40. The molecule has 3 aromatic rings. The summed E-state index contributed by atoms with van der Waals surface area (Å²) in [4.78, 5) is 31.4. The lowest BCUT2D eigenvalue weighted by Crippen LogP contribution is -2.39. The number of allylic oxidation sites excluding steroid dienone is 1. The molecule has 166 valence electrons. The predicted molar refractivity (Wildman–Crippen MR) is 121 cm³/mol. The second-order valence-corrected chi connectivity index (χ2v) is 8.40. The number of ether oxygens (including phenoxy) is 1. The Morgan fingerprint density at radius 1 is 1.25 bits per heavy atom. The van der Waals surface area contributed by atoms with E-state index in [1.165, 1.54) is 28.0 Å². The molecule has 0 radical (unpaired) electrons. The number of aromatic hydroxyl groups is 1. The average Bonchev–Trinajstić information content (AvgIpc) is 3.27. The number of aryl methyl sites for hydroxylation is 1. The van der Waals surface area contributed by atoms with Gasteiger partial charge in [-0.2, -0.15) is 5.10 Å². The first kappa shape index (κ1) is 21.8. The normalized spacial score (nSPS) is 16.1. The highest BCUT2D eigenvalue weighted by atomic mass is 32.1. The van der Waals surface area contributed by atoms with E-state index in [1.807, 2.05) is 24.6 Å². The summed E-state index contributed by atoms with van der Waals surface area (Å²) in [7, 11) is 0. The molecule has 3 heterocycles. The molecular weight excluding hydrogens is 428 g/mol. The van der Waals surface area contributed by atoms with E-state index in [-0.39, 0.29) is 17.9 Å². The maximum atomic E-state index is 13.5. The van der Waals surface area contributed by atoms with Gasteiger partial charge in [-0.3, -0.25) is 14.0 Å². The van der Waals surface area contributed by atoms with Crippen LogP contribution >= 0.6 is 11.3 Å². The van der Waals surface area contributed by atoms with Gasteiger partial charge in [-0.05, 0) is 51.5 Å². The van der Waals surface area contributed by atoms with Gasteiger partial charge in [0.05, 0.1) is 34.6 Å². The molecule has 2 aromatic heterocycles. The molecule has 0 amide bonds. The molecule has 0 unspecified atom stereocenters. The van der Waals surface area contributed by atoms with Gasteiger partial charge in [0.2, 0.25) is 0 Å². The molecular formula is C23H24N4O4S. The Labute approximate surface area is 188 Å². The topological polar surface area (TPSA) is 98.7 Å². The zero-order chi connectivity index (χ0) is 23.0. The summed E-state index contributed by atoms with van der Waals surface area (Å²) in [5, 5.41) is 14.1. The number of aromatic nitrogens is 3. The van der Waals surface area contributed by atoms with Gasteiger partial charge in [0.1, 0.15) is 5.75 Å². The second kappa shape index (κ2) is 8.58. The molecule has 1 atom stereocenters. The largest absolute Gasteiger partial charge is 0.508 e. The van der Waals surface area contributed by atoms with Crippen LogP contribution in [0.3, 0.4) is 0 Å². The van der Waals surface area contributed by atoms with E-state index >= 15 is 0 Å². The Morgan fingerprint density at radius 3 is 2.59 bits per heavy atom. The zero-order valence-electron chi connectivity index (χ0n) is 18.3. The minimum Gasteiger partial charge on any atom is -0.508 e. The number of hydrogen-bond donors (Lipinski definition) is 1. The van der Waals surface area contributed by atoms with Crippen molar-refractivity contribution in [2.45, 2.75) is 40.3 Å². The van der Waals surface area contributed by atoms with E-state index in [2.05, 4.69) is 10.1 Å². The van der Waals surface area contributed by atoms with Gasteiger partial charge in [0.25, 0.3) is 5.56 Å². The van der Waals surface area contributed by atoms with Crippen LogP contribution < -0.4 is 14.9 Å². The van der Waals surface area contributed by atoms with Crippen LogP contribution in [-0.2, 0) is 16.1 Å². The highest BCUT2D eigenvalue weighted by molar-refractivity contribution is 7.07. The quantitative estimate of drug-likeness (QED) is 0.598. The van der Waals surface area contributed by atoms with Crippen molar-refractivity contribution < 1.29 is 14.6 Å². The fourth-order valence-electron chi connectivity index (χ4n) is 3.83. The van der Waals surface area contributed by atoms with Gasteiger partial charge in [-0.1, -0.05) is 23.5 Å². The Bertz CT molecular complexity index is 1390. The summed E-state index contributed by atoms with van der Waals surface area (Å²) in [5.41, 5.74) is 3.08. The molecule has 0 saturated heterocycles. The third-order valence-electron chi connectivity index (χ3n) is 5.45. The molecule has 0 aliphatic carbocycles. The summed E-state index contributed by atoms with van der Waals surface area (Å²) >= 11 is 1.27. The Kier molecular flexibility index (Phi) is 5.84. The molecule has 8 nitrogen and oxygen atoms in total. The van der Waals surface area contributed by atoms with Gasteiger partial charge in [-0.25, -0.2) is 9.79 Å². The first-order chi connectivity index (χ1) is 15.3. The third-order valence-corrected chi connectivity index (χ3v) is 6.44. The Hall–Kier alpha value is -3.46. The summed E-state index contributed by atoms with van der Waals surface area (Å²) in [5.74, 6) is -0.413. The van der Waals surface area contributed by atoms with E-state index in [1.54, 1.807) is 32.2 Å². The molecule has 1 N–H and O–H groups in total. The number of esters is 1. The summed E-state index contributed by atoms with van der Waals surface area (Å²) < 4.78 is 9.18. The van der Waals surface area contributed by atoms with Crippen molar-refractivity contribution in [1.29, 1.82) is 0 Å². The Morgan fingerprint density at radius 2 is 1.97 bits per heavy atom. The van der Waals surface area contributed by atoms with Crippen molar-refractivity contribution in [1.82, 2.24) is 14.3 Å². The lowest BCUT2D eigenvalue weighted by molar-refractivity contribution is -0.139.